The summed E-state index contributed by atoms with van der Waals surface area (Å²) in [5, 5.41) is 0. The fourth-order valence-corrected chi connectivity index (χ4v) is 6.40. The second-order valence-electron chi connectivity index (χ2n) is 8.59. The van der Waals surface area contributed by atoms with E-state index in [4.69, 9.17) is 29.5 Å². The van der Waals surface area contributed by atoms with Crippen molar-refractivity contribution < 1.29 is 55.9 Å². The van der Waals surface area contributed by atoms with Gasteiger partial charge in [0.2, 0.25) is 0 Å². The molecule has 0 bridgehead atoms. The zero-order valence-corrected chi connectivity index (χ0v) is 21.6. The van der Waals surface area contributed by atoms with Gasteiger partial charge in [-0.1, -0.05) is 6.92 Å². The minimum Gasteiger partial charge on any atom is -0.382 e. The number of hydrogen-bond acceptors (Lipinski definition) is 12. The van der Waals surface area contributed by atoms with Gasteiger partial charge in [-0.25, -0.2) is 28.6 Å². The van der Waals surface area contributed by atoms with Crippen LogP contribution in [0.1, 0.15) is 33.9 Å². The average Bonchev–Trinajstić information content (AvgIpc) is 3.19. The highest BCUT2D eigenvalue weighted by Crippen LogP contribution is 2.66. The third-order valence-corrected chi connectivity index (χ3v) is 8.47. The summed E-state index contributed by atoms with van der Waals surface area (Å²) in [6, 6.07) is 0. The lowest BCUT2D eigenvalue weighted by Gasteiger charge is -2.30. The zero-order chi connectivity index (χ0) is 26.4. The molecule has 0 amide bonds. The molecule has 0 aromatic carbocycles. The van der Waals surface area contributed by atoms with E-state index in [1.165, 1.54) is 12.7 Å². The number of hydrogen-bond donors (Lipinski definition) is 5. The fraction of sp³-hybridized carbons (Fsp3) is 0.667. The Balaban J connectivity index is 1.81. The van der Waals surface area contributed by atoms with E-state index < -0.39 is 60.0 Å². The van der Waals surface area contributed by atoms with Gasteiger partial charge in [0.25, 0.3) is 0 Å². The van der Waals surface area contributed by atoms with Gasteiger partial charge in [-0.15, -0.1) is 0 Å². The van der Waals surface area contributed by atoms with Gasteiger partial charge in [0.1, 0.15) is 17.9 Å². The smallest absolute Gasteiger partial charge is 0.382 e. The number of aromatic nitrogens is 4. The molecule has 0 saturated carbocycles. The van der Waals surface area contributed by atoms with Crippen LogP contribution in [0.4, 0.5) is 5.82 Å². The molecule has 0 aliphatic carbocycles. The molecule has 3 unspecified atom stereocenters. The van der Waals surface area contributed by atoms with Crippen LogP contribution in [0, 0.1) is 5.92 Å². The summed E-state index contributed by atoms with van der Waals surface area (Å²) < 4.78 is 60.4. The summed E-state index contributed by atoms with van der Waals surface area (Å²) in [6.07, 6.45) is 0.294. The zero-order valence-electron chi connectivity index (χ0n) is 18.9. The first-order valence-corrected chi connectivity index (χ1v) is 14.4. The summed E-state index contributed by atoms with van der Waals surface area (Å²) in [4.78, 5) is 48.6. The Morgan fingerprint density at radius 1 is 1.09 bits per heavy atom. The molecule has 35 heavy (non-hydrogen) atoms. The molecule has 2 aromatic heterocycles. The van der Waals surface area contributed by atoms with E-state index in [-0.39, 0.29) is 5.82 Å². The number of imidazole rings is 1. The molecule has 3 heterocycles. The largest absolute Gasteiger partial charge is 0.490 e. The van der Waals surface area contributed by atoms with Crippen molar-refractivity contribution in [1.82, 2.24) is 19.5 Å². The minimum absolute atomic E-state index is 0.150. The third kappa shape index (κ3) is 7.35. The number of phosphoric acid groups is 3. The molecule has 6 N–H and O–H groups in total. The lowest BCUT2D eigenvalue weighted by molar-refractivity contribution is -0.119. The standard InChI is InChI=1S/C15H26N5O12P3/c1-8-9(5-28-34(24,25)32-35(26,27)31-33(21,22)23)29-14(11(8)30-15(2,3)4)20-7-19-10-12(16)17-6-18-13(10)20/h6-9,11,14H,5H2,1-4H3,(H,24,25)(H,26,27)(H2,16,17,18)(H2,21,22,23)/t8-,9+,11?,14+/m0/s1. The van der Waals surface area contributed by atoms with Crippen LogP contribution in [0.2, 0.25) is 0 Å². The predicted molar refractivity (Wildman–Crippen MR) is 117 cm³/mol. The molecule has 0 spiro atoms. The first kappa shape index (κ1) is 28.3. The first-order valence-electron chi connectivity index (χ1n) is 9.92. The molecule has 3 rings (SSSR count). The van der Waals surface area contributed by atoms with Gasteiger partial charge >= 0.3 is 23.5 Å². The maximum absolute atomic E-state index is 12.1. The van der Waals surface area contributed by atoms with Gasteiger partial charge in [-0.05, 0) is 20.8 Å². The monoisotopic (exact) mass is 561 g/mol. The normalized spacial score (nSPS) is 27.1. The highest BCUT2D eigenvalue weighted by molar-refractivity contribution is 7.66. The van der Waals surface area contributed by atoms with Crippen molar-refractivity contribution in [1.29, 1.82) is 0 Å². The maximum atomic E-state index is 12.1. The molecule has 0 radical (unpaired) electrons. The van der Waals surface area contributed by atoms with Crippen molar-refractivity contribution in [2.45, 2.75) is 51.7 Å². The van der Waals surface area contributed by atoms with E-state index in [1.807, 2.05) is 20.8 Å². The Labute approximate surface area is 199 Å². The Hall–Kier alpha value is -1.32. The number of phosphoric ester groups is 1. The van der Waals surface area contributed by atoms with Crippen LogP contribution in [-0.2, 0) is 36.3 Å². The Morgan fingerprint density at radius 2 is 1.74 bits per heavy atom. The number of nitrogen functional groups attached to an aromatic ring is 1. The van der Waals surface area contributed by atoms with Crippen molar-refractivity contribution in [2.75, 3.05) is 12.3 Å². The van der Waals surface area contributed by atoms with E-state index >= 15 is 0 Å². The average molecular weight is 561 g/mol. The highest BCUT2D eigenvalue weighted by atomic mass is 31.3. The van der Waals surface area contributed by atoms with Gasteiger partial charge in [0.15, 0.2) is 17.7 Å². The van der Waals surface area contributed by atoms with Crippen LogP contribution in [0.15, 0.2) is 12.7 Å². The second kappa shape index (κ2) is 9.86. The summed E-state index contributed by atoms with van der Waals surface area (Å²) in [6.45, 7) is 6.56. The van der Waals surface area contributed by atoms with E-state index in [1.54, 1.807) is 11.5 Å². The van der Waals surface area contributed by atoms with Crippen molar-refractivity contribution >= 4 is 40.4 Å². The van der Waals surface area contributed by atoms with Gasteiger partial charge < -0.3 is 34.8 Å². The molecular weight excluding hydrogens is 535 g/mol. The second-order valence-corrected chi connectivity index (χ2v) is 13.0. The number of nitrogens with zero attached hydrogens (tertiary/aromatic N) is 4. The molecular formula is C15H26N5O12P3. The van der Waals surface area contributed by atoms with Crippen molar-refractivity contribution in [3.8, 4) is 0 Å². The lowest BCUT2D eigenvalue weighted by atomic mass is 9.99. The van der Waals surface area contributed by atoms with Gasteiger partial charge in [-0.3, -0.25) is 9.09 Å². The topological polar surface area (TPSA) is 248 Å². The van der Waals surface area contributed by atoms with Crippen LogP contribution >= 0.6 is 23.5 Å². The Morgan fingerprint density at radius 3 is 2.34 bits per heavy atom. The van der Waals surface area contributed by atoms with Crippen LogP contribution in [0.3, 0.4) is 0 Å². The molecule has 1 saturated heterocycles. The van der Waals surface area contributed by atoms with E-state index in [9.17, 15) is 23.5 Å². The summed E-state index contributed by atoms with van der Waals surface area (Å²) in [5.74, 6) is -0.319. The van der Waals surface area contributed by atoms with E-state index in [2.05, 4.69) is 23.6 Å². The molecule has 17 nitrogen and oxygen atoms in total. The van der Waals surface area contributed by atoms with Crippen LogP contribution in [0.25, 0.3) is 11.2 Å². The summed E-state index contributed by atoms with van der Waals surface area (Å²) in [5.41, 5.74) is 5.91. The van der Waals surface area contributed by atoms with Crippen LogP contribution < -0.4 is 5.73 Å². The number of fused-ring (bicyclic) bond motifs is 1. The van der Waals surface area contributed by atoms with E-state index in [0.29, 0.717) is 11.2 Å². The Bertz CT molecular complexity index is 1210. The molecule has 20 heteroatoms. The predicted octanol–water partition coefficient (Wildman–Crippen LogP) is 1.47. The maximum Gasteiger partial charge on any atom is 0.490 e. The summed E-state index contributed by atoms with van der Waals surface area (Å²) in [7, 11) is -16.5. The molecule has 1 aliphatic heterocycles. The van der Waals surface area contributed by atoms with Crippen molar-refractivity contribution in [2.24, 2.45) is 5.92 Å². The number of rotatable bonds is 9. The van der Waals surface area contributed by atoms with E-state index in [0.717, 1.165) is 0 Å². The molecule has 198 valence electrons. The van der Waals surface area contributed by atoms with Gasteiger partial charge in [0.05, 0.1) is 24.6 Å². The molecule has 6 atom stereocenters. The molecule has 1 fully saturated rings. The number of anilines is 1. The first-order chi connectivity index (χ1) is 15.9. The minimum atomic E-state index is -5.64. The van der Waals surface area contributed by atoms with Crippen molar-refractivity contribution in [3.05, 3.63) is 12.7 Å². The van der Waals surface area contributed by atoms with Crippen molar-refractivity contribution in [3.63, 3.8) is 0 Å². The highest BCUT2D eigenvalue weighted by Gasteiger charge is 2.48. The Kier molecular flexibility index (Phi) is 7.96. The van der Waals surface area contributed by atoms with Crippen LogP contribution in [0.5, 0.6) is 0 Å². The molecule has 2 aromatic rings. The SMILES string of the molecule is C[C@@H]1C(OC(C)(C)C)[C@H](n2cnc3c(N)ncnc32)O[C@@H]1COP(=O)(O)OP(=O)(O)OP(=O)(O)O. The number of ether oxygens (including phenoxy) is 2. The van der Waals surface area contributed by atoms with Gasteiger partial charge in [0, 0.05) is 5.92 Å². The summed E-state index contributed by atoms with van der Waals surface area (Å²) >= 11 is 0. The lowest BCUT2D eigenvalue weighted by Crippen LogP contribution is -2.35. The third-order valence-electron chi connectivity index (χ3n) is 4.67. The quantitative estimate of drug-likeness (QED) is 0.272. The fourth-order valence-electron chi connectivity index (χ4n) is 3.37. The number of nitrogens with two attached hydrogens (primary N) is 1. The van der Waals surface area contributed by atoms with Gasteiger partial charge in [-0.2, -0.15) is 8.62 Å². The molecule has 1 aliphatic rings. The van der Waals surface area contributed by atoms with Crippen LogP contribution in [-0.4, -0.2) is 63.5 Å².